The summed E-state index contributed by atoms with van der Waals surface area (Å²) in [5, 5.41) is 1.30. The van der Waals surface area contributed by atoms with E-state index in [9.17, 15) is 4.79 Å². The van der Waals surface area contributed by atoms with Gasteiger partial charge in [-0.15, -0.1) is 11.8 Å². The van der Waals surface area contributed by atoms with Gasteiger partial charge in [0, 0.05) is 17.5 Å². The highest BCUT2D eigenvalue weighted by Crippen LogP contribution is 2.22. The van der Waals surface area contributed by atoms with E-state index in [0.29, 0.717) is 5.25 Å². The third-order valence-corrected chi connectivity index (χ3v) is 3.10. The molecule has 0 bridgehead atoms. The van der Waals surface area contributed by atoms with Gasteiger partial charge in [0.2, 0.25) is 0 Å². The minimum atomic E-state index is -0.154. The molecule has 0 radical (unpaired) electrons. The van der Waals surface area contributed by atoms with Crippen LogP contribution in [-0.2, 0) is 0 Å². The lowest BCUT2D eigenvalue weighted by molar-refractivity contribution is 0.553. The Morgan fingerprint density at radius 2 is 1.93 bits per heavy atom. The lowest BCUT2D eigenvalue weighted by Gasteiger charge is -2.12. The number of hydrogen-bond donors (Lipinski definition) is 0. The molecule has 15 heavy (non-hydrogen) atoms. The first-order chi connectivity index (χ1) is 6.91. The van der Waals surface area contributed by atoms with E-state index in [4.69, 9.17) is 0 Å². The molecule has 0 N–H and O–H groups in total. The van der Waals surface area contributed by atoms with Crippen molar-refractivity contribution in [2.45, 2.75) is 50.9 Å². The van der Waals surface area contributed by atoms with Crippen LogP contribution in [0.1, 0.15) is 39.3 Å². The number of aryl methyl sites for hydroxylation is 1. The Morgan fingerprint density at radius 3 is 2.40 bits per heavy atom. The molecular formula is C11H18N2OS. The SMILES string of the molecule is Cc1cn(C(C)C)c(=O)nc1SC(C)C. The third kappa shape index (κ3) is 3.09. The zero-order valence-electron chi connectivity index (χ0n) is 9.94. The molecule has 1 aromatic rings. The maximum absolute atomic E-state index is 11.7. The van der Waals surface area contributed by atoms with Gasteiger partial charge in [-0.3, -0.25) is 4.57 Å². The minimum Gasteiger partial charge on any atom is -0.296 e. The van der Waals surface area contributed by atoms with Crippen molar-refractivity contribution in [3.63, 3.8) is 0 Å². The molecule has 0 aliphatic heterocycles. The van der Waals surface area contributed by atoms with E-state index in [1.807, 2.05) is 27.0 Å². The molecule has 0 spiro atoms. The van der Waals surface area contributed by atoms with Gasteiger partial charge in [0.1, 0.15) is 5.03 Å². The molecular weight excluding hydrogens is 208 g/mol. The summed E-state index contributed by atoms with van der Waals surface area (Å²) in [6.45, 7) is 10.2. The molecule has 0 atom stereocenters. The van der Waals surface area contributed by atoms with Crippen molar-refractivity contribution in [2.75, 3.05) is 0 Å². The van der Waals surface area contributed by atoms with Crippen LogP contribution in [0.2, 0.25) is 0 Å². The van der Waals surface area contributed by atoms with Gasteiger partial charge in [-0.25, -0.2) is 4.79 Å². The summed E-state index contributed by atoms with van der Waals surface area (Å²) >= 11 is 1.64. The van der Waals surface area contributed by atoms with Crippen LogP contribution in [0.25, 0.3) is 0 Å². The van der Waals surface area contributed by atoms with Crippen LogP contribution in [0.4, 0.5) is 0 Å². The number of nitrogens with zero attached hydrogens (tertiary/aromatic N) is 2. The summed E-state index contributed by atoms with van der Waals surface area (Å²) < 4.78 is 1.67. The van der Waals surface area contributed by atoms with Gasteiger partial charge in [-0.05, 0) is 26.3 Å². The molecule has 0 saturated heterocycles. The predicted molar refractivity (Wildman–Crippen MR) is 64.6 cm³/mol. The molecule has 0 aliphatic carbocycles. The highest BCUT2D eigenvalue weighted by molar-refractivity contribution is 7.99. The van der Waals surface area contributed by atoms with Crippen molar-refractivity contribution < 1.29 is 0 Å². The van der Waals surface area contributed by atoms with Crippen molar-refractivity contribution in [1.82, 2.24) is 9.55 Å². The monoisotopic (exact) mass is 226 g/mol. The van der Waals surface area contributed by atoms with Crippen LogP contribution in [0.5, 0.6) is 0 Å². The number of rotatable bonds is 3. The van der Waals surface area contributed by atoms with Crippen molar-refractivity contribution >= 4 is 11.8 Å². The maximum Gasteiger partial charge on any atom is 0.348 e. The second-order valence-corrected chi connectivity index (χ2v) is 5.74. The molecule has 4 heteroatoms. The number of aromatic nitrogens is 2. The molecule has 0 amide bonds. The first-order valence-electron chi connectivity index (χ1n) is 5.18. The third-order valence-electron chi connectivity index (χ3n) is 1.99. The highest BCUT2D eigenvalue weighted by Gasteiger charge is 2.09. The van der Waals surface area contributed by atoms with Gasteiger partial charge >= 0.3 is 5.69 Å². The molecule has 0 aliphatic rings. The smallest absolute Gasteiger partial charge is 0.296 e. The summed E-state index contributed by atoms with van der Waals surface area (Å²) in [7, 11) is 0. The lowest BCUT2D eigenvalue weighted by Crippen LogP contribution is -2.25. The fraction of sp³-hybridized carbons (Fsp3) is 0.636. The fourth-order valence-electron chi connectivity index (χ4n) is 1.26. The van der Waals surface area contributed by atoms with Crippen LogP contribution >= 0.6 is 11.8 Å². The van der Waals surface area contributed by atoms with Crippen LogP contribution < -0.4 is 5.69 Å². The molecule has 0 unspecified atom stereocenters. The quantitative estimate of drug-likeness (QED) is 0.587. The summed E-state index contributed by atoms with van der Waals surface area (Å²) in [6.07, 6.45) is 1.89. The molecule has 1 heterocycles. The summed E-state index contributed by atoms with van der Waals surface area (Å²) in [4.78, 5) is 15.8. The maximum atomic E-state index is 11.7. The Bertz CT molecular complexity index is 396. The molecule has 84 valence electrons. The van der Waals surface area contributed by atoms with E-state index in [-0.39, 0.29) is 11.7 Å². The van der Waals surface area contributed by atoms with Crippen molar-refractivity contribution in [3.05, 3.63) is 22.2 Å². The average molecular weight is 226 g/mol. The topological polar surface area (TPSA) is 34.9 Å². The largest absolute Gasteiger partial charge is 0.348 e. The van der Waals surface area contributed by atoms with Crippen LogP contribution in [0, 0.1) is 6.92 Å². The van der Waals surface area contributed by atoms with Crippen LogP contribution in [-0.4, -0.2) is 14.8 Å². The van der Waals surface area contributed by atoms with Crippen LogP contribution in [0.15, 0.2) is 16.0 Å². The Morgan fingerprint density at radius 1 is 1.33 bits per heavy atom. The van der Waals surface area contributed by atoms with Gasteiger partial charge in [-0.1, -0.05) is 13.8 Å². The van der Waals surface area contributed by atoms with E-state index in [0.717, 1.165) is 10.6 Å². The zero-order chi connectivity index (χ0) is 11.6. The Hall–Kier alpha value is -0.770. The second kappa shape index (κ2) is 4.84. The summed E-state index contributed by atoms with van der Waals surface area (Å²) in [5.74, 6) is 0. The molecule has 0 saturated carbocycles. The Kier molecular flexibility index (Phi) is 3.97. The first kappa shape index (κ1) is 12.3. The van der Waals surface area contributed by atoms with E-state index in [1.54, 1.807) is 16.3 Å². The molecule has 1 rings (SSSR count). The van der Waals surface area contributed by atoms with Gasteiger partial charge in [0.15, 0.2) is 0 Å². The van der Waals surface area contributed by atoms with Gasteiger partial charge in [0.05, 0.1) is 0 Å². The fourth-order valence-corrected chi connectivity index (χ4v) is 2.08. The average Bonchev–Trinajstić information content (AvgIpc) is 2.09. The lowest BCUT2D eigenvalue weighted by atomic mass is 10.3. The first-order valence-corrected chi connectivity index (χ1v) is 6.06. The minimum absolute atomic E-state index is 0.154. The molecule has 0 fully saturated rings. The number of thioether (sulfide) groups is 1. The van der Waals surface area contributed by atoms with Gasteiger partial charge < -0.3 is 0 Å². The Labute approximate surface area is 94.9 Å². The van der Waals surface area contributed by atoms with E-state index in [1.165, 1.54) is 0 Å². The number of hydrogen-bond acceptors (Lipinski definition) is 3. The van der Waals surface area contributed by atoms with E-state index >= 15 is 0 Å². The molecule has 0 aromatic carbocycles. The Balaban J connectivity index is 3.14. The zero-order valence-corrected chi connectivity index (χ0v) is 10.8. The summed E-state index contributed by atoms with van der Waals surface area (Å²) in [6, 6.07) is 0.168. The van der Waals surface area contributed by atoms with Crippen molar-refractivity contribution in [2.24, 2.45) is 0 Å². The molecule has 1 aromatic heterocycles. The predicted octanol–water partition coefficient (Wildman–Crippen LogP) is 2.63. The molecule has 3 nitrogen and oxygen atoms in total. The van der Waals surface area contributed by atoms with Crippen molar-refractivity contribution in [1.29, 1.82) is 0 Å². The normalized spacial score (nSPS) is 11.4. The van der Waals surface area contributed by atoms with Gasteiger partial charge in [-0.2, -0.15) is 4.98 Å². The van der Waals surface area contributed by atoms with Gasteiger partial charge in [0.25, 0.3) is 0 Å². The van der Waals surface area contributed by atoms with E-state index < -0.39 is 0 Å². The standard InChI is InChI=1S/C11H18N2OS/c1-7(2)13-6-9(5)10(12-11(13)14)15-8(3)4/h6-8H,1-5H3. The second-order valence-electron chi connectivity index (χ2n) is 4.18. The summed E-state index contributed by atoms with van der Waals surface area (Å²) in [5.41, 5.74) is 0.917. The van der Waals surface area contributed by atoms with E-state index in [2.05, 4.69) is 18.8 Å². The van der Waals surface area contributed by atoms with Crippen LogP contribution in [0.3, 0.4) is 0 Å². The highest BCUT2D eigenvalue weighted by atomic mass is 32.2. The van der Waals surface area contributed by atoms with Crippen molar-refractivity contribution in [3.8, 4) is 0 Å².